The van der Waals surface area contributed by atoms with Crippen LogP contribution < -0.4 is 5.32 Å². The molecule has 0 saturated carbocycles. The van der Waals surface area contributed by atoms with E-state index in [4.69, 9.17) is 0 Å². The molecule has 1 aromatic rings. The first kappa shape index (κ1) is 16.4. The maximum absolute atomic E-state index is 11.1. The van der Waals surface area contributed by atoms with Crippen molar-refractivity contribution in [2.75, 3.05) is 18.4 Å². The average molecular weight is 305 g/mol. The van der Waals surface area contributed by atoms with E-state index < -0.39 is 4.92 Å². The molecular weight excluding hydrogens is 282 g/mol. The van der Waals surface area contributed by atoms with E-state index in [9.17, 15) is 14.9 Å². The Morgan fingerprint density at radius 2 is 2.18 bits per heavy atom. The third kappa shape index (κ3) is 3.62. The van der Waals surface area contributed by atoms with Gasteiger partial charge >= 0.3 is 0 Å². The number of nitrogens with zero attached hydrogens (tertiary/aromatic N) is 2. The molecule has 0 aliphatic carbocycles. The average Bonchev–Trinajstić information content (AvgIpc) is 2.93. The Labute approximate surface area is 130 Å². The van der Waals surface area contributed by atoms with Gasteiger partial charge in [0.05, 0.1) is 4.92 Å². The number of carbonyl (C=O) groups is 1. The molecule has 6 nitrogen and oxygen atoms in total. The SMILES string of the molecule is CC(C)(C)N1CCC[C@H]1CNc1ccc(C=O)cc1[N+](=O)[O-]. The Morgan fingerprint density at radius 3 is 2.77 bits per heavy atom. The second-order valence-corrected chi connectivity index (χ2v) is 6.69. The summed E-state index contributed by atoms with van der Waals surface area (Å²) in [4.78, 5) is 23.9. The number of hydrogen-bond donors (Lipinski definition) is 1. The van der Waals surface area contributed by atoms with Crippen LogP contribution in [-0.2, 0) is 0 Å². The summed E-state index contributed by atoms with van der Waals surface area (Å²) >= 11 is 0. The standard InChI is InChI=1S/C16H23N3O3/c1-16(2,3)18-8-4-5-13(18)10-17-14-7-6-12(11-20)9-15(14)19(21)22/h6-7,9,11,13,17H,4-5,8,10H2,1-3H3/t13-/m0/s1. The number of carbonyl (C=O) groups excluding carboxylic acids is 1. The van der Waals surface area contributed by atoms with Crippen molar-refractivity contribution in [3.63, 3.8) is 0 Å². The first-order chi connectivity index (χ1) is 10.3. The smallest absolute Gasteiger partial charge is 0.293 e. The van der Waals surface area contributed by atoms with Gasteiger partial charge in [-0.2, -0.15) is 0 Å². The Bertz CT molecular complexity index is 566. The summed E-state index contributed by atoms with van der Waals surface area (Å²) in [6, 6.07) is 4.88. The molecule has 1 aliphatic rings. The number of rotatable bonds is 5. The molecule has 0 amide bonds. The van der Waals surface area contributed by atoms with Crippen molar-refractivity contribution in [1.29, 1.82) is 0 Å². The van der Waals surface area contributed by atoms with Crippen molar-refractivity contribution in [3.05, 3.63) is 33.9 Å². The first-order valence-corrected chi connectivity index (χ1v) is 7.57. The summed E-state index contributed by atoms with van der Waals surface area (Å²) in [5.41, 5.74) is 0.826. The van der Waals surface area contributed by atoms with Crippen LogP contribution in [0.3, 0.4) is 0 Å². The van der Waals surface area contributed by atoms with Gasteiger partial charge in [-0.1, -0.05) is 0 Å². The van der Waals surface area contributed by atoms with E-state index in [2.05, 4.69) is 31.0 Å². The Hall–Kier alpha value is -1.95. The minimum atomic E-state index is -0.453. The van der Waals surface area contributed by atoms with E-state index in [1.807, 2.05) is 0 Å². The van der Waals surface area contributed by atoms with Crippen LogP contribution in [0.1, 0.15) is 44.0 Å². The highest BCUT2D eigenvalue weighted by atomic mass is 16.6. The third-order valence-corrected chi connectivity index (χ3v) is 4.12. The van der Waals surface area contributed by atoms with Crippen LogP contribution in [0.5, 0.6) is 0 Å². The fourth-order valence-corrected chi connectivity index (χ4v) is 3.08. The monoisotopic (exact) mass is 305 g/mol. The van der Waals surface area contributed by atoms with E-state index in [-0.39, 0.29) is 11.2 Å². The quantitative estimate of drug-likeness (QED) is 0.514. The highest BCUT2D eigenvalue weighted by molar-refractivity contribution is 5.79. The molecule has 2 rings (SSSR count). The van der Waals surface area contributed by atoms with Crippen molar-refractivity contribution >= 4 is 17.7 Å². The van der Waals surface area contributed by atoms with E-state index in [1.54, 1.807) is 12.1 Å². The molecule has 0 radical (unpaired) electrons. The lowest BCUT2D eigenvalue weighted by Crippen LogP contribution is -2.47. The number of anilines is 1. The highest BCUT2D eigenvalue weighted by Gasteiger charge is 2.32. The maximum atomic E-state index is 11.1. The van der Waals surface area contributed by atoms with Crippen LogP contribution in [0.15, 0.2) is 18.2 Å². The highest BCUT2D eigenvalue weighted by Crippen LogP contribution is 2.29. The molecule has 0 spiro atoms. The van der Waals surface area contributed by atoms with Crippen molar-refractivity contribution in [2.45, 2.75) is 45.2 Å². The predicted molar refractivity (Wildman–Crippen MR) is 86.5 cm³/mol. The molecule has 1 N–H and O–H groups in total. The van der Waals surface area contributed by atoms with Crippen LogP contribution in [0.2, 0.25) is 0 Å². The molecule has 0 unspecified atom stereocenters. The molecule has 1 aliphatic heterocycles. The van der Waals surface area contributed by atoms with Gasteiger partial charge in [0.2, 0.25) is 0 Å². The van der Waals surface area contributed by atoms with Crippen molar-refractivity contribution in [3.8, 4) is 0 Å². The zero-order valence-corrected chi connectivity index (χ0v) is 13.3. The predicted octanol–water partition coefficient (Wildman–Crippen LogP) is 3.08. The zero-order valence-electron chi connectivity index (χ0n) is 13.3. The molecule has 1 fully saturated rings. The van der Waals surface area contributed by atoms with Crippen molar-refractivity contribution < 1.29 is 9.72 Å². The zero-order chi connectivity index (χ0) is 16.3. The second kappa shape index (κ2) is 6.44. The van der Waals surface area contributed by atoms with Gasteiger partial charge in [-0.05, 0) is 52.3 Å². The molecule has 0 bridgehead atoms. The van der Waals surface area contributed by atoms with Gasteiger partial charge in [0.1, 0.15) is 12.0 Å². The van der Waals surface area contributed by atoms with E-state index in [0.29, 0.717) is 30.1 Å². The number of nitro groups is 1. The topological polar surface area (TPSA) is 75.5 Å². The van der Waals surface area contributed by atoms with Gasteiger partial charge in [-0.3, -0.25) is 19.8 Å². The Kier molecular flexibility index (Phi) is 4.81. The number of likely N-dealkylation sites (tertiary alicyclic amines) is 1. The number of hydrogen-bond acceptors (Lipinski definition) is 5. The number of nitrogens with one attached hydrogen (secondary N) is 1. The number of aldehydes is 1. The molecule has 1 heterocycles. The first-order valence-electron chi connectivity index (χ1n) is 7.57. The van der Waals surface area contributed by atoms with E-state index in [0.717, 1.165) is 19.4 Å². The van der Waals surface area contributed by atoms with Crippen LogP contribution in [0, 0.1) is 10.1 Å². The Morgan fingerprint density at radius 1 is 1.45 bits per heavy atom. The van der Waals surface area contributed by atoms with Gasteiger partial charge in [0.15, 0.2) is 0 Å². The second-order valence-electron chi connectivity index (χ2n) is 6.69. The largest absolute Gasteiger partial charge is 0.378 e. The van der Waals surface area contributed by atoms with Crippen molar-refractivity contribution in [1.82, 2.24) is 4.90 Å². The minimum Gasteiger partial charge on any atom is -0.378 e. The summed E-state index contributed by atoms with van der Waals surface area (Å²) in [6.45, 7) is 8.28. The molecule has 22 heavy (non-hydrogen) atoms. The summed E-state index contributed by atoms with van der Waals surface area (Å²) in [7, 11) is 0. The fourth-order valence-electron chi connectivity index (χ4n) is 3.08. The molecule has 0 aromatic heterocycles. The van der Waals surface area contributed by atoms with Gasteiger partial charge in [-0.25, -0.2) is 0 Å². The number of benzene rings is 1. The molecule has 1 atom stereocenters. The molecule has 6 heteroatoms. The summed E-state index contributed by atoms with van der Waals surface area (Å²) in [5, 5.41) is 14.3. The van der Waals surface area contributed by atoms with Crippen LogP contribution >= 0.6 is 0 Å². The number of nitro benzene ring substituents is 1. The van der Waals surface area contributed by atoms with Gasteiger partial charge < -0.3 is 5.32 Å². The lowest BCUT2D eigenvalue weighted by Gasteiger charge is -2.37. The lowest BCUT2D eigenvalue weighted by molar-refractivity contribution is -0.384. The Balaban J connectivity index is 2.11. The van der Waals surface area contributed by atoms with E-state index >= 15 is 0 Å². The summed E-state index contributed by atoms with van der Waals surface area (Å²) in [5.74, 6) is 0. The normalized spacial score (nSPS) is 19.1. The third-order valence-electron chi connectivity index (χ3n) is 4.12. The molecular formula is C16H23N3O3. The summed E-state index contributed by atoms with van der Waals surface area (Å²) in [6.07, 6.45) is 2.86. The van der Waals surface area contributed by atoms with Crippen LogP contribution in [-0.4, -0.2) is 40.8 Å². The minimum absolute atomic E-state index is 0.0510. The van der Waals surface area contributed by atoms with Crippen LogP contribution in [0.25, 0.3) is 0 Å². The van der Waals surface area contributed by atoms with Crippen molar-refractivity contribution in [2.24, 2.45) is 0 Å². The molecule has 1 aromatic carbocycles. The summed E-state index contributed by atoms with van der Waals surface area (Å²) < 4.78 is 0. The van der Waals surface area contributed by atoms with Gasteiger partial charge in [0.25, 0.3) is 5.69 Å². The van der Waals surface area contributed by atoms with Crippen LogP contribution in [0.4, 0.5) is 11.4 Å². The maximum Gasteiger partial charge on any atom is 0.293 e. The lowest BCUT2D eigenvalue weighted by atomic mass is 10.0. The molecule has 120 valence electrons. The van der Waals surface area contributed by atoms with E-state index in [1.165, 1.54) is 6.07 Å². The van der Waals surface area contributed by atoms with Gasteiger partial charge in [0, 0.05) is 29.8 Å². The molecule has 1 saturated heterocycles. The fraction of sp³-hybridized carbons (Fsp3) is 0.562. The van der Waals surface area contributed by atoms with Gasteiger partial charge in [-0.15, -0.1) is 0 Å².